The molecule has 3 aromatic heterocycles. The van der Waals surface area contributed by atoms with Gasteiger partial charge in [0.15, 0.2) is 0 Å². The summed E-state index contributed by atoms with van der Waals surface area (Å²) in [5.41, 5.74) is 25.8. The minimum atomic E-state index is -0.262. The second-order valence-electron chi connectivity index (χ2n) is 24.2. The van der Waals surface area contributed by atoms with Gasteiger partial charge in [0, 0.05) is 60.7 Å². The third-order valence-electron chi connectivity index (χ3n) is 18.7. The Morgan fingerprint density at radius 2 is 0.726 bits per heavy atom. The van der Waals surface area contributed by atoms with Crippen molar-refractivity contribution in [2.45, 2.75) is 52.4 Å². The van der Waals surface area contributed by atoms with E-state index in [4.69, 9.17) is 0 Å². The van der Waals surface area contributed by atoms with Gasteiger partial charge >= 0.3 is 0 Å². The van der Waals surface area contributed by atoms with Crippen LogP contribution in [-0.4, -0.2) is 13.7 Å². The van der Waals surface area contributed by atoms with Gasteiger partial charge in [-0.05, 0) is 188 Å². The molecule has 3 nitrogen and oxygen atoms in total. The van der Waals surface area contributed by atoms with Gasteiger partial charge in [-0.25, -0.2) is 0 Å². The van der Waals surface area contributed by atoms with Crippen LogP contribution in [0.25, 0.3) is 110 Å². The summed E-state index contributed by atoms with van der Waals surface area (Å²) >= 11 is 0. The fraction of sp³-hybridized carbons (Fsp3) is 0.111. The second kappa shape index (κ2) is 19.3. The number of hydrogen-bond acceptors (Lipinski definition) is 0. The number of hydrogen-bond donors (Lipinski definition) is 0. The maximum atomic E-state index is 2.49. The summed E-state index contributed by atoms with van der Waals surface area (Å²) in [6.45, 7) is 11.6. The summed E-state index contributed by atoms with van der Waals surface area (Å²) < 4.78 is 7.35. The molecule has 2 atom stereocenters. The van der Waals surface area contributed by atoms with Crippen molar-refractivity contribution in [2.24, 2.45) is 5.41 Å². The summed E-state index contributed by atoms with van der Waals surface area (Å²) in [7, 11) is 0. The molecule has 2 aliphatic rings. The molecule has 402 valence electrons. The van der Waals surface area contributed by atoms with Crippen molar-refractivity contribution in [3.05, 3.63) is 312 Å². The minimum absolute atomic E-state index is 0.113. The molecule has 84 heavy (non-hydrogen) atoms. The number of para-hydroxylation sites is 2. The van der Waals surface area contributed by atoms with Gasteiger partial charge in [0.2, 0.25) is 0 Å². The summed E-state index contributed by atoms with van der Waals surface area (Å²) in [5.74, 6) is 0.946. The molecule has 0 amide bonds. The molecule has 0 bridgehead atoms. The van der Waals surface area contributed by atoms with Crippen molar-refractivity contribution in [1.82, 2.24) is 13.7 Å². The van der Waals surface area contributed by atoms with Crippen LogP contribution in [0.2, 0.25) is 0 Å². The summed E-state index contributed by atoms with van der Waals surface area (Å²) in [4.78, 5) is 0. The van der Waals surface area contributed by atoms with E-state index in [1.807, 2.05) is 0 Å². The van der Waals surface area contributed by atoms with Crippen LogP contribution in [0.1, 0.15) is 85.8 Å². The molecular weight excluding hydrogens is 1010 g/mol. The Kier molecular flexibility index (Phi) is 11.5. The predicted molar refractivity (Wildman–Crippen MR) is 356 cm³/mol. The molecule has 0 radical (unpaired) electrons. The first-order valence-electron chi connectivity index (χ1n) is 29.9. The van der Waals surface area contributed by atoms with Gasteiger partial charge in [0.05, 0.1) is 33.1 Å². The molecule has 0 N–H and O–H groups in total. The van der Waals surface area contributed by atoms with E-state index in [2.05, 4.69) is 321 Å². The highest BCUT2D eigenvalue weighted by Crippen LogP contribution is 2.57. The monoisotopic (exact) mass is 1080 g/mol. The van der Waals surface area contributed by atoms with Crippen LogP contribution in [0.4, 0.5) is 0 Å². The van der Waals surface area contributed by atoms with Gasteiger partial charge in [-0.15, -0.1) is 0 Å². The molecule has 11 aromatic carbocycles. The van der Waals surface area contributed by atoms with Crippen LogP contribution in [0.3, 0.4) is 0 Å². The number of aromatic nitrogens is 3. The lowest BCUT2D eigenvalue weighted by Crippen LogP contribution is -2.32. The van der Waals surface area contributed by atoms with Gasteiger partial charge in [0.25, 0.3) is 0 Å². The predicted octanol–water partition coefficient (Wildman–Crippen LogP) is 21.6. The zero-order valence-corrected chi connectivity index (χ0v) is 48.1. The second-order valence-corrected chi connectivity index (χ2v) is 24.2. The molecule has 2 unspecified atom stereocenters. The highest BCUT2D eigenvalue weighted by molar-refractivity contribution is 6.15. The quantitative estimate of drug-likeness (QED) is 0.137. The van der Waals surface area contributed by atoms with E-state index in [0.717, 1.165) is 5.69 Å². The largest absolute Gasteiger partial charge is 0.309 e. The highest BCUT2D eigenvalue weighted by Gasteiger charge is 2.44. The smallest absolute Gasteiger partial charge is 0.0541 e. The first kappa shape index (κ1) is 49.8. The van der Waals surface area contributed by atoms with Crippen LogP contribution in [0.15, 0.2) is 279 Å². The van der Waals surface area contributed by atoms with Crippen LogP contribution in [-0.2, 0) is 0 Å². The van der Waals surface area contributed by atoms with Crippen molar-refractivity contribution >= 4 is 71.0 Å². The first-order valence-corrected chi connectivity index (χ1v) is 29.9. The average Bonchev–Trinajstić information content (AvgIpc) is 1.28. The lowest BCUT2D eigenvalue weighted by Gasteiger charge is -2.45. The molecule has 14 aromatic rings. The molecule has 2 aliphatic carbocycles. The van der Waals surface area contributed by atoms with Crippen molar-refractivity contribution < 1.29 is 0 Å². The Morgan fingerprint density at radius 3 is 1.17 bits per heavy atom. The summed E-state index contributed by atoms with van der Waals surface area (Å²) in [6, 6.07) is 93.8. The van der Waals surface area contributed by atoms with Crippen LogP contribution in [0.5, 0.6) is 0 Å². The Labute approximate surface area is 491 Å². The number of fused-ring (bicyclic) bond motifs is 11. The Balaban J connectivity index is 0.877. The topological polar surface area (TPSA) is 14.8 Å². The van der Waals surface area contributed by atoms with Gasteiger partial charge in [0.1, 0.15) is 0 Å². The maximum Gasteiger partial charge on any atom is 0.0541 e. The van der Waals surface area contributed by atoms with Gasteiger partial charge in [-0.3, -0.25) is 0 Å². The average molecular weight is 1080 g/mol. The van der Waals surface area contributed by atoms with Crippen molar-refractivity contribution in [3.63, 3.8) is 0 Å². The van der Waals surface area contributed by atoms with E-state index in [9.17, 15) is 0 Å². The number of rotatable bonds is 9. The Morgan fingerprint density at radius 1 is 0.345 bits per heavy atom. The zero-order valence-electron chi connectivity index (χ0n) is 48.1. The first-order chi connectivity index (χ1) is 41.2. The fourth-order valence-corrected chi connectivity index (χ4v) is 14.5. The molecule has 3 heteroatoms. The van der Waals surface area contributed by atoms with Gasteiger partial charge in [-0.1, -0.05) is 198 Å². The molecule has 0 fully saturated rings. The lowest BCUT2D eigenvalue weighted by molar-refractivity contribution is 0.448. The molecule has 3 heterocycles. The maximum absolute atomic E-state index is 2.49. The molecule has 0 aliphatic heterocycles. The van der Waals surface area contributed by atoms with E-state index in [1.165, 1.54) is 144 Å². The Hall–Kier alpha value is -9.96. The molecule has 0 saturated heterocycles. The lowest BCUT2D eigenvalue weighted by atomic mass is 9.58. The summed E-state index contributed by atoms with van der Waals surface area (Å²) in [5, 5.41) is 7.53. The SMILES string of the molecule is CC(C)c1ccc2c(c1)c1cc(-c3ccc4c(c3)c3cc(-c5ccc6c(c5)c5cc(C(C)C)ccc5n6-c5ccccc5)ccc3n4-c3ccc(C4c5ccccc5C(c5ccccc5)=C5C=CC=CC54C)cc3)ccc1n2-c1ccccc1. The number of benzene rings is 11. The standard InChI is InChI=1S/C81H63N3/c1-51(2)55-30-38-73-66(45-55)68-47-57(32-40-75(68)82(73)61-21-11-7-12-22-61)59-34-42-77-70(49-59)71-50-60(58-33-41-76-69(48-58)67-46-56(52(3)4)31-39-74(67)83(76)62-23-13-8-14-24-62)35-43-78(71)84(77)63-36-28-54(29-37-63)80-65-26-16-15-25-64(65)79(53-19-9-6-10-20-53)72-27-17-18-44-81(72,80)5/h6-52,80H,1-5H3. The van der Waals surface area contributed by atoms with Crippen LogP contribution in [0, 0.1) is 5.41 Å². The van der Waals surface area contributed by atoms with Crippen molar-refractivity contribution in [1.29, 1.82) is 0 Å². The molecular formula is C81H63N3. The van der Waals surface area contributed by atoms with Gasteiger partial charge < -0.3 is 13.7 Å². The third-order valence-corrected chi connectivity index (χ3v) is 18.7. The number of nitrogens with zero attached hydrogens (tertiary/aromatic N) is 3. The van der Waals surface area contributed by atoms with Crippen LogP contribution >= 0.6 is 0 Å². The van der Waals surface area contributed by atoms with E-state index in [1.54, 1.807) is 0 Å². The van der Waals surface area contributed by atoms with E-state index >= 15 is 0 Å². The van der Waals surface area contributed by atoms with E-state index in [0.29, 0.717) is 11.8 Å². The summed E-state index contributed by atoms with van der Waals surface area (Å²) in [6.07, 6.45) is 9.25. The number of allylic oxidation sites excluding steroid dienone is 5. The third kappa shape index (κ3) is 7.72. The van der Waals surface area contributed by atoms with Crippen LogP contribution < -0.4 is 0 Å². The fourth-order valence-electron chi connectivity index (χ4n) is 14.5. The molecule has 0 saturated carbocycles. The van der Waals surface area contributed by atoms with Crippen molar-refractivity contribution in [3.8, 4) is 39.3 Å². The molecule has 16 rings (SSSR count). The Bertz CT molecular complexity index is 4830. The van der Waals surface area contributed by atoms with Gasteiger partial charge in [-0.2, -0.15) is 0 Å². The normalized spacial score (nSPS) is 15.9. The van der Waals surface area contributed by atoms with E-state index < -0.39 is 0 Å². The van der Waals surface area contributed by atoms with Crippen molar-refractivity contribution in [2.75, 3.05) is 0 Å². The minimum Gasteiger partial charge on any atom is -0.309 e. The zero-order chi connectivity index (χ0) is 56.4. The van der Waals surface area contributed by atoms with E-state index in [-0.39, 0.29) is 11.3 Å². The highest BCUT2D eigenvalue weighted by atomic mass is 15.0. The molecule has 0 spiro atoms.